The molecule has 0 aliphatic rings. The summed E-state index contributed by atoms with van der Waals surface area (Å²) in [6.45, 7) is 3.22. The van der Waals surface area contributed by atoms with Crippen molar-refractivity contribution in [2.75, 3.05) is 6.54 Å². The minimum Gasteiger partial charge on any atom is -0.480 e. The van der Waals surface area contributed by atoms with Crippen molar-refractivity contribution < 1.29 is 14.7 Å². The minimum absolute atomic E-state index is 0.0128. The molecular weight excluding hydrogens is 160 g/mol. The number of carboxylic acids is 1. The van der Waals surface area contributed by atoms with Crippen LogP contribution < -0.4 is 11.1 Å². The summed E-state index contributed by atoms with van der Waals surface area (Å²) in [5.74, 6) is -1.48. The van der Waals surface area contributed by atoms with Gasteiger partial charge >= 0.3 is 5.97 Å². The Balaban J connectivity index is 3.80. The zero-order valence-corrected chi connectivity index (χ0v) is 7.20. The highest BCUT2D eigenvalue weighted by atomic mass is 16.4. The van der Waals surface area contributed by atoms with Crippen LogP contribution in [0.2, 0.25) is 0 Å². The van der Waals surface area contributed by atoms with E-state index in [0.717, 1.165) is 0 Å². The summed E-state index contributed by atoms with van der Waals surface area (Å²) < 4.78 is 0. The van der Waals surface area contributed by atoms with Crippen molar-refractivity contribution in [3.63, 3.8) is 0 Å². The molecule has 0 aliphatic heterocycles. The van der Waals surface area contributed by atoms with Crippen LogP contribution >= 0.6 is 0 Å². The molecule has 0 bridgehead atoms. The summed E-state index contributed by atoms with van der Waals surface area (Å²) in [5, 5.41) is 10.4. The van der Waals surface area contributed by atoms with Crippen molar-refractivity contribution in [1.29, 1.82) is 0 Å². The first-order valence-corrected chi connectivity index (χ1v) is 3.70. The largest absolute Gasteiger partial charge is 0.480 e. The topological polar surface area (TPSA) is 92.4 Å². The number of nitrogens with two attached hydrogens (primary N) is 1. The zero-order chi connectivity index (χ0) is 9.72. The van der Waals surface area contributed by atoms with Gasteiger partial charge in [-0.3, -0.25) is 9.59 Å². The second-order valence-corrected chi connectivity index (χ2v) is 2.88. The Bertz CT molecular complexity index is 179. The number of amides is 1. The van der Waals surface area contributed by atoms with E-state index >= 15 is 0 Å². The van der Waals surface area contributed by atoms with Crippen molar-refractivity contribution in [2.45, 2.75) is 19.9 Å². The van der Waals surface area contributed by atoms with Crippen LogP contribution in [-0.4, -0.2) is 29.6 Å². The second kappa shape index (κ2) is 4.71. The fourth-order valence-corrected chi connectivity index (χ4v) is 0.583. The van der Waals surface area contributed by atoms with Crippen molar-refractivity contribution in [2.24, 2.45) is 11.7 Å². The molecule has 0 heterocycles. The summed E-state index contributed by atoms with van der Waals surface area (Å²) in [4.78, 5) is 21.0. The molecule has 5 nitrogen and oxygen atoms in total. The van der Waals surface area contributed by atoms with Gasteiger partial charge in [-0.2, -0.15) is 0 Å². The van der Waals surface area contributed by atoms with Crippen molar-refractivity contribution in [3.05, 3.63) is 0 Å². The first-order chi connectivity index (χ1) is 5.45. The lowest BCUT2D eigenvalue weighted by atomic mass is 10.1. The number of carbonyl (C=O) groups is 2. The van der Waals surface area contributed by atoms with E-state index < -0.39 is 17.9 Å². The molecular formula is C7H14N2O3. The van der Waals surface area contributed by atoms with E-state index in [4.69, 9.17) is 10.8 Å². The molecule has 0 aliphatic carbocycles. The van der Waals surface area contributed by atoms with Gasteiger partial charge in [0.05, 0.1) is 6.04 Å². The van der Waals surface area contributed by atoms with Crippen LogP contribution in [0.1, 0.15) is 13.8 Å². The Kier molecular flexibility index (Phi) is 4.28. The maximum atomic E-state index is 11.0. The molecule has 0 spiro atoms. The molecule has 1 atom stereocenters. The number of aliphatic carboxylic acids is 1. The molecule has 0 saturated carbocycles. The lowest BCUT2D eigenvalue weighted by molar-refractivity contribution is -0.138. The van der Waals surface area contributed by atoms with E-state index in [0.29, 0.717) is 0 Å². The van der Waals surface area contributed by atoms with E-state index in [1.54, 1.807) is 13.8 Å². The number of nitrogens with one attached hydrogen (secondary N) is 1. The van der Waals surface area contributed by atoms with Gasteiger partial charge in [-0.05, 0) is 5.92 Å². The van der Waals surface area contributed by atoms with Crippen LogP contribution in [0.3, 0.4) is 0 Å². The van der Waals surface area contributed by atoms with Crippen molar-refractivity contribution >= 4 is 11.9 Å². The highest BCUT2D eigenvalue weighted by Crippen LogP contribution is 1.96. The molecule has 12 heavy (non-hydrogen) atoms. The normalized spacial score (nSPS) is 12.7. The lowest BCUT2D eigenvalue weighted by Gasteiger charge is -2.13. The molecule has 70 valence electrons. The molecule has 1 unspecified atom stereocenters. The Morgan fingerprint density at radius 3 is 2.33 bits per heavy atom. The molecule has 4 N–H and O–H groups in total. The quantitative estimate of drug-likeness (QED) is 0.518. The highest BCUT2D eigenvalue weighted by molar-refractivity contribution is 5.85. The predicted octanol–water partition coefficient (Wildman–Crippen LogP) is -0.829. The Hall–Kier alpha value is -1.10. The standard InChI is InChI=1S/C7H14N2O3/c1-4(2)6(8)7(12)9-3-5(10)11/h4,6H,3,8H2,1-2H3,(H,9,12)(H,10,11). The molecule has 0 fully saturated rings. The fraction of sp³-hybridized carbons (Fsp3) is 0.714. The van der Waals surface area contributed by atoms with E-state index in [2.05, 4.69) is 5.32 Å². The van der Waals surface area contributed by atoms with Crippen LogP contribution in [0, 0.1) is 5.92 Å². The van der Waals surface area contributed by atoms with Crippen LogP contribution in [0.5, 0.6) is 0 Å². The van der Waals surface area contributed by atoms with Gasteiger partial charge in [0.25, 0.3) is 0 Å². The third-order valence-corrected chi connectivity index (χ3v) is 1.43. The van der Waals surface area contributed by atoms with E-state index in [1.165, 1.54) is 0 Å². The fourth-order valence-electron chi connectivity index (χ4n) is 0.583. The third kappa shape index (κ3) is 3.92. The SMILES string of the molecule is CC(C)C(N)C(=O)NCC(=O)O. The highest BCUT2D eigenvalue weighted by Gasteiger charge is 2.16. The summed E-state index contributed by atoms with van der Waals surface area (Å²) >= 11 is 0. The van der Waals surface area contributed by atoms with Crippen LogP contribution in [0.4, 0.5) is 0 Å². The molecule has 1 amide bonds. The summed E-state index contributed by atoms with van der Waals surface area (Å²) in [5.41, 5.74) is 5.44. The third-order valence-electron chi connectivity index (χ3n) is 1.43. The van der Waals surface area contributed by atoms with Gasteiger partial charge in [0.1, 0.15) is 6.54 Å². The van der Waals surface area contributed by atoms with Crippen LogP contribution in [0.15, 0.2) is 0 Å². The van der Waals surface area contributed by atoms with Gasteiger partial charge in [0.2, 0.25) is 5.91 Å². The average Bonchev–Trinajstić information content (AvgIpc) is 1.98. The summed E-state index contributed by atoms with van der Waals surface area (Å²) in [7, 11) is 0. The Morgan fingerprint density at radius 1 is 1.50 bits per heavy atom. The summed E-state index contributed by atoms with van der Waals surface area (Å²) in [6.07, 6.45) is 0. The molecule has 0 aromatic heterocycles. The Morgan fingerprint density at radius 2 is 2.00 bits per heavy atom. The van der Waals surface area contributed by atoms with E-state index in [1.807, 2.05) is 0 Å². The number of carbonyl (C=O) groups excluding carboxylic acids is 1. The van der Waals surface area contributed by atoms with Crippen LogP contribution in [0.25, 0.3) is 0 Å². The molecule has 0 aromatic carbocycles. The van der Waals surface area contributed by atoms with Gasteiger partial charge in [-0.1, -0.05) is 13.8 Å². The van der Waals surface area contributed by atoms with E-state index in [-0.39, 0.29) is 12.5 Å². The maximum absolute atomic E-state index is 11.0. The minimum atomic E-state index is -1.07. The number of hydrogen-bond donors (Lipinski definition) is 3. The van der Waals surface area contributed by atoms with Gasteiger partial charge in [-0.25, -0.2) is 0 Å². The van der Waals surface area contributed by atoms with Gasteiger partial charge in [0.15, 0.2) is 0 Å². The average molecular weight is 174 g/mol. The smallest absolute Gasteiger partial charge is 0.322 e. The Labute approximate surface area is 70.9 Å². The van der Waals surface area contributed by atoms with Crippen molar-refractivity contribution in [3.8, 4) is 0 Å². The first kappa shape index (κ1) is 10.9. The first-order valence-electron chi connectivity index (χ1n) is 3.70. The second-order valence-electron chi connectivity index (χ2n) is 2.88. The predicted molar refractivity (Wildman–Crippen MR) is 43.5 cm³/mol. The van der Waals surface area contributed by atoms with Gasteiger partial charge in [-0.15, -0.1) is 0 Å². The number of carboxylic acid groups (broad SMARTS) is 1. The molecule has 0 saturated heterocycles. The summed E-state index contributed by atoms with van der Waals surface area (Å²) in [6, 6.07) is -0.635. The number of rotatable bonds is 4. The lowest BCUT2D eigenvalue weighted by Crippen LogP contribution is -2.45. The zero-order valence-electron chi connectivity index (χ0n) is 7.20. The molecule has 0 rings (SSSR count). The van der Waals surface area contributed by atoms with Crippen molar-refractivity contribution in [1.82, 2.24) is 5.32 Å². The number of hydrogen-bond acceptors (Lipinski definition) is 3. The van der Waals surface area contributed by atoms with Crippen LogP contribution in [-0.2, 0) is 9.59 Å². The molecule has 0 aromatic rings. The van der Waals surface area contributed by atoms with Gasteiger partial charge in [0, 0.05) is 0 Å². The molecule has 5 heteroatoms. The van der Waals surface area contributed by atoms with E-state index in [9.17, 15) is 9.59 Å². The molecule has 0 radical (unpaired) electrons. The van der Waals surface area contributed by atoms with Gasteiger partial charge < -0.3 is 16.2 Å². The monoisotopic (exact) mass is 174 g/mol. The maximum Gasteiger partial charge on any atom is 0.322 e.